The summed E-state index contributed by atoms with van der Waals surface area (Å²) in [6.07, 6.45) is 10.8. The Hall–Kier alpha value is -1.43. The zero-order valence-corrected chi connectivity index (χ0v) is 18.3. The van der Waals surface area contributed by atoms with Crippen LogP contribution in [0.1, 0.15) is 71.6 Å². The lowest BCUT2D eigenvalue weighted by Crippen LogP contribution is -2.08. The number of nitrogens with two attached hydrogens (primary N) is 1. The summed E-state index contributed by atoms with van der Waals surface area (Å²) in [6, 6.07) is 12.8. The zero-order chi connectivity index (χ0) is 20.7. The van der Waals surface area contributed by atoms with Crippen LogP contribution in [0.2, 0.25) is 0 Å². The predicted molar refractivity (Wildman–Crippen MR) is 119 cm³/mol. The van der Waals surface area contributed by atoms with Crippen molar-refractivity contribution in [1.82, 2.24) is 0 Å². The van der Waals surface area contributed by atoms with Gasteiger partial charge in [-0.25, -0.2) is 0 Å². The van der Waals surface area contributed by atoms with E-state index < -0.39 is 10.1 Å². The molecule has 0 atom stereocenters. The smallest absolute Gasteiger partial charge is 0.297 e. The monoisotopic (exact) mass is 407 g/mol. The van der Waals surface area contributed by atoms with Gasteiger partial charge in [-0.3, -0.25) is 4.18 Å². The second-order valence-electron chi connectivity index (χ2n) is 6.99. The Morgan fingerprint density at radius 2 is 1.32 bits per heavy atom. The van der Waals surface area contributed by atoms with Gasteiger partial charge in [0, 0.05) is 5.39 Å². The largest absolute Gasteiger partial charge is 0.331 e. The molecule has 2 aromatic rings. The molecule has 2 aromatic carbocycles. The molecule has 28 heavy (non-hydrogen) atoms. The van der Waals surface area contributed by atoms with Crippen LogP contribution < -0.4 is 5.73 Å². The van der Waals surface area contributed by atoms with Gasteiger partial charge in [0.1, 0.15) is 4.90 Å². The van der Waals surface area contributed by atoms with E-state index in [-0.39, 0.29) is 11.5 Å². The normalized spacial score (nSPS) is 11.2. The molecule has 0 aliphatic rings. The molecule has 0 radical (unpaired) electrons. The van der Waals surface area contributed by atoms with E-state index in [2.05, 4.69) is 6.92 Å². The second-order valence-corrected chi connectivity index (χ2v) is 8.57. The Bertz CT molecular complexity index is 754. The van der Waals surface area contributed by atoms with Crippen LogP contribution in [0.5, 0.6) is 0 Å². The molecule has 0 bridgehead atoms. The molecule has 0 unspecified atom stereocenters. The first kappa shape index (κ1) is 24.6. The van der Waals surface area contributed by atoms with E-state index in [4.69, 9.17) is 9.92 Å². The van der Waals surface area contributed by atoms with Gasteiger partial charge in [-0.05, 0) is 24.4 Å². The Morgan fingerprint density at radius 1 is 0.786 bits per heavy atom. The van der Waals surface area contributed by atoms with Crippen LogP contribution in [0.25, 0.3) is 10.8 Å². The highest BCUT2D eigenvalue weighted by molar-refractivity contribution is 7.87. The third-order valence-corrected chi connectivity index (χ3v) is 5.88. The lowest BCUT2D eigenvalue weighted by atomic mass is 10.1. The van der Waals surface area contributed by atoms with E-state index in [0.717, 1.165) is 36.6 Å². The van der Waals surface area contributed by atoms with Gasteiger partial charge in [0.15, 0.2) is 0 Å². The van der Waals surface area contributed by atoms with E-state index in [9.17, 15) is 8.42 Å². The minimum absolute atomic E-state index is 0.265. The van der Waals surface area contributed by atoms with E-state index in [1.54, 1.807) is 12.1 Å². The molecule has 0 spiro atoms. The van der Waals surface area contributed by atoms with Crippen molar-refractivity contribution in [2.75, 3.05) is 13.2 Å². The fourth-order valence-corrected chi connectivity index (χ4v) is 4.22. The van der Waals surface area contributed by atoms with E-state index in [1.165, 1.54) is 38.5 Å². The molecule has 0 amide bonds. The van der Waals surface area contributed by atoms with Gasteiger partial charge in [-0.15, -0.1) is 0 Å². The summed E-state index contributed by atoms with van der Waals surface area (Å²) in [6.45, 7) is 5.15. The molecule has 2 rings (SSSR count). The molecule has 5 heteroatoms. The van der Waals surface area contributed by atoms with Crippen molar-refractivity contribution in [3.05, 3.63) is 42.5 Å². The summed E-state index contributed by atoms with van der Waals surface area (Å²) in [5, 5.41) is 1.63. The van der Waals surface area contributed by atoms with Gasteiger partial charge in [-0.1, -0.05) is 102 Å². The molecular formula is C23H37NO3S. The van der Waals surface area contributed by atoms with Crippen LogP contribution in [0.15, 0.2) is 47.4 Å². The van der Waals surface area contributed by atoms with Crippen LogP contribution in [0.4, 0.5) is 0 Å². The Balaban J connectivity index is 0.00000122. The fraction of sp³-hybridized carbons (Fsp3) is 0.565. The third kappa shape index (κ3) is 9.18. The summed E-state index contributed by atoms with van der Waals surface area (Å²) in [5.74, 6) is 0. The molecule has 0 aliphatic carbocycles. The third-order valence-electron chi connectivity index (χ3n) is 4.51. The van der Waals surface area contributed by atoms with Crippen LogP contribution in [-0.4, -0.2) is 21.6 Å². The maximum atomic E-state index is 12.5. The van der Waals surface area contributed by atoms with Gasteiger partial charge in [-0.2, -0.15) is 8.42 Å². The molecule has 2 N–H and O–H groups in total. The highest BCUT2D eigenvalue weighted by atomic mass is 32.2. The van der Waals surface area contributed by atoms with E-state index in [0.29, 0.717) is 0 Å². The predicted octanol–water partition coefficient (Wildman–Crippen LogP) is 6.04. The number of unbranched alkanes of at least 4 members (excludes halogenated alkanes) is 8. The number of fused-ring (bicyclic) bond motifs is 1. The summed E-state index contributed by atoms with van der Waals surface area (Å²) in [5.41, 5.74) is 4.85. The van der Waals surface area contributed by atoms with Gasteiger partial charge in [0.25, 0.3) is 10.1 Å². The second kappa shape index (κ2) is 14.6. The van der Waals surface area contributed by atoms with Crippen LogP contribution in [0.3, 0.4) is 0 Å². The standard InChI is InChI=1S/C21H30O3S.C2H7N/c1-2-3-4-5-6-7-8-9-12-18-24-25(22,23)21-17-13-15-19-14-10-11-16-20(19)21;1-2-3/h10-11,13-17H,2-9,12,18H2,1H3;2-3H2,1H3. The van der Waals surface area contributed by atoms with Gasteiger partial charge in [0.05, 0.1) is 6.61 Å². The van der Waals surface area contributed by atoms with E-state index >= 15 is 0 Å². The van der Waals surface area contributed by atoms with Crippen molar-refractivity contribution < 1.29 is 12.6 Å². The molecule has 0 fully saturated rings. The quantitative estimate of drug-likeness (QED) is 0.344. The SMILES string of the molecule is CCCCCCCCCCCOS(=O)(=O)c1cccc2ccccc12.CCN. The Morgan fingerprint density at radius 3 is 1.96 bits per heavy atom. The first-order chi connectivity index (χ1) is 13.6. The Kier molecular flexibility index (Phi) is 12.8. The molecule has 0 aromatic heterocycles. The molecule has 0 saturated carbocycles. The molecular weight excluding hydrogens is 370 g/mol. The fourth-order valence-electron chi connectivity index (χ4n) is 3.06. The lowest BCUT2D eigenvalue weighted by Gasteiger charge is -2.08. The number of hydrogen-bond donors (Lipinski definition) is 1. The van der Waals surface area contributed by atoms with Gasteiger partial charge >= 0.3 is 0 Å². The summed E-state index contributed by atoms with van der Waals surface area (Å²) >= 11 is 0. The minimum atomic E-state index is -3.69. The van der Waals surface area contributed by atoms with Gasteiger partial charge < -0.3 is 5.73 Å². The molecule has 0 saturated heterocycles. The first-order valence-electron chi connectivity index (χ1n) is 10.6. The van der Waals surface area contributed by atoms with Crippen molar-refractivity contribution in [3.8, 4) is 0 Å². The van der Waals surface area contributed by atoms with Crippen molar-refractivity contribution in [3.63, 3.8) is 0 Å². The first-order valence-corrected chi connectivity index (χ1v) is 12.0. The number of hydrogen-bond acceptors (Lipinski definition) is 4. The summed E-state index contributed by atoms with van der Waals surface area (Å²) in [4.78, 5) is 0.265. The van der Waals surface area contributed by atoms with Crippen molar-refractivity contribution in [2.24, 2.45) is 5.73 Å². The molecule has 0 aliphatic heterocycles. The van der Waals surface area contributed by atoms with E-state index in [1.807, 2.05) is 37.3 Å². The highest BCUT2D eigenvalue weighted by Gasteiger charge is 2.17. The highest BCUT2D eigenvalue weighted by Crippen LogP contribution is 2.24. The number of benzene rings is 2. The molecule has 4 nitrogen and oxygen atoms in total. The van der Waals surface area contributed by atoms with Crippen LogP contribution in [0, 0.1) is 0 Å². The molecule has 158 valence electrons. The lowest BCUT2D eigenvalue weighted by molar-refractivity contribution is 0.306. The van der Waals surface area contributed by atoms with Crippen LogP contribution >= 0.6 is 0 Å². The van der Waals surface area contributed by atoms with Crippen LogP contribution in [-0.2, 0) is 14.3 Å². The molecule has 0 heterocycles. The Labute approximate surface area is 171 Å². The zero-order valence-electron chi connectivity index (χ0n) is 17.5. The topological polar surface area (TPSA) is 69.4 Å². The summed E-state index contributed by atoms with van der Waals surface area (Å²) in [7, 11) is -3.69. The average molecular weight is 408 g/mol. The maximum Gasteiger partial charge on any atom is 0.297 e. The van der Waals surface area contributed by atoms with Crippen molar-refractivity contribution >= 4 is 20.9 Å². The van der Waals surface area contributed by atoms with Crippen molar-refractivity contribution in [2.45, 2.75) is 76.5 Å². The maximum absolute atomic E-state index is 12.5. The summed E-state index contributed by atoms with van der Waals surface area (Å²) < 4.78 is 30.2. The average Bonchev–Trinajstić information content (AvgIpc) is 2.69. The number of rotatable bonds is 12. The van der Waals surface area contributed by atoms with Crippen molar-refractivity contribution in [1.29, 1.82) is 0 Å². The minimum Gasteiger partial charge on any atom is -0.331 e. The van der Waals surface area contributed by atoms with Gasteiger partial charge in [0.2, 0.25) is 0 Å².